The molecule has 0 saturated heterocycles. The monoisotopic (exact) mass is 673 g/mol. The molecule has 5 aromatic carbocycles. The fraction of sp³-hybridized carbons (Fsp3) is 0.125. The van der Waals surface area contributed by atoms with Crippen molar-refractivity contribution < 1.29 is 4.42 Å². The van der Waals surface area contributed by atoms with E-state index in [1.807, 2.05) is 17.4 Å². The first-order chi connectivity index (χ1) is 25.2. The molecule has 0 bridgehead atoms. The summed E-state index contributed by atoms with van der Waals surface area (Å²) >= 11 is 1.86. The first kappa shape index (κ1) is 29.1. The molecule has 7 aromatic rings. The van der Waals surface area contributed by atoms with Crippen LogP contribution in [0, 0.1) is 11.8 Å². The summed E-state index contributed by atoms with van der Waals surface area (Å²) in [4.78, 5) is 2.38. The minimum absolute atomic E-state index is 0.349. The zero-order valence-corrected chi connectivity index (χ0v) is 28.9. The fourth-order valence-corrected chi connectivity index (χ4v) is 10.1. The first-order valence-corrected chi connectivity index (χ1v) is 19.0. The van der Waals surface area contributed by atoms with E-state index in [0.717, 1.165) is 58.3 Å². The zero-order chi connectivity index (χ0) is 33.5. The molecule has 0 spiro atoms. The topological polar surface area (TPSA) is 16.4 Å². The number of rotatable bonds is 4. The number of hydrogen-bond donors (Lipinski definition) is 0. The molecule has 2 aromatic heterocycles. The SMILES string of the molecule is C1=CC2=C(C=CC3C=CC4=C(C=CC(c5ccc(N(c6ccc7c(c6)oc6ccccc67)c6ccc7sc8ccccc8c7c6)cc5)C4)C23)CC1. The van der Waals surface area contributed by atoms with E-state index in [4.69, 9.17) is 4.42 Å². The van der Waals surface area contributed by atoms with Gasteiger partial charge in [-0.05, 0) is 102 Å². The van der Waals surface area contributed by atoms with Gasteiger partial charge in [0.25, 0.3) is 0 Å². The number of fused-ring (bicyclic) bond motifs is 9. The second-order valence-electron chi connectivity index (χ2n) is 14.3. The molecule has 244 valence electrons. The highest BCUT2D eigenvalue weighted by Crippen LogP contribution is 2.48. The van der Waals surface area contributed by atoms with Crippen molar-refractivity contribution in [3.63, 3.8) is 0 Å². The standard InChI is InChI=1S/C48H35NOS/c1-2-8-38-31(7-1)13-14-32-15-16-34-27-33(19-24-39(34)48(32)38)30-17-20-35(21-18-30)49(36-23-26-47-43(28-36)42-10-4-6-12-46(42)51-47)37-22-25-41-40-9-3-5-11-44(40)50-45(41)29-37/h2-6,8-26,28-29,32-33,48H,1,7,27H2. The lowest BCUT2D eigenvalue weighted by molar-refractivity contribution is 0.581. The Kier molecular flexibility index (Phi) is 6.54. The van der Waals surface area contributed by atoms with Crippen LogP contribution in [-0.4, -0.2) is 0 Å². The molecule has 11 rings (SSSR count). The van der Waals surface area contributed by atoms with Gasteiger partial charge >= 0.3 is 0 Å². The van der Waals surface area contributed by atoms with Crippen molar-refractivity contribution in [2.45, 2.75) is 25.2 Å². The molecular formula is C48H35NOS. The Morgan fingerprint density at radius 1 is 0.569 bits per heavy atom. The number of nitrogens with zero attached hydrogens (tertiary/aromatic N) is 1. The van der Waals surface area contributed by atoms with Crippen LogP contribution in [0.25, 0.3) is 42.1 Å². The lowest BCUT2D eigenvalue weighted by Crippen LogP contribution is -2.25. The molecule has 0 amide bonds. The quantitative estimate of drug-likeness (QED) is 0.185. The van der Waals surface area contributed by atoms with Crippen LogP contribution < -0.4 is 4.90 Å². The number of thiophene rings is 1. The van der Waals surface area contributed by atoms with E-state index < -0.39 is 0 Å². The molecule has 4 aliphatic carbocycles. The molecular weight excluding hydrogens is 639 g/mol. The molecule has 51 heavy (non-hydrogen) atoms. The number of furan rings is 1. The van der Waals surface area contributed by atoms with Gasteiger partial charge in [-0.3, -0.25) is 0 Å². The summed E-state index contributed by atoms with van der Waals surface area (Å²) in [5.41, 5.74) is 12.6. The summed E-state index contributed by atoms with van der Waals surface area (Å²) in [6.45, 7) is 0. The highest BCUT2D eigenvalue weighted by atomic mass is 32.1. The van der Waals surface area contributed by atoms with Gasteiger partial charge in [0.1, 0.15) is 11.2 Å². The molecule has 3 atom stereocenters. The van der Waals surface area contributed by atoms with Gasteiger partial charge in [0, 0.05) is 71.8 Å². The van der Waals surface area contributed by atoms with E-state index in [-0.39, 0.29) is 0 Å². The van der Waals surface area contributed by atoms with Crippen molar-refractivity contribution >= 4 is 70.5 Å². The van der Waals surface area contributed by atoms with Crippen molar-refractivity contribution in [2.24, 2.45) is 11.8 Å². The molecule has 2 nitrogen and oxygen atoms in total. The lowest BCUT2D eigenvalue weighted by atomic mass is 9.67. The lowest BCUT2D eigenvalue weighted by Gasteiger charge is -2.37. The summed E-state index contributed by atoms with van der Waals surface area (Å²) in [6.07, 6.45) is 22.7. The average molecular weight is 674 g/mol. The van der Waals surface area contributed by atoms with Crippen molar-refractivity contribution in [1.29, 1.82) is 0 Å². The molecule has 0 fully saturated rings. The fourth-order valence-electron chi connectivity index (χ4n) is 8.98. The predicted octanol–water partition coefficient (Wildman–Crippen LogP) is 13.8. The van der Waals surface area contributed by atoms with Crippen LogP contribution in [-0.2, 0) is 0 Å². The van der Waals surface area contributed by atoms with Gasteiger partial charge in [-0.2, -0.15) is 0 Å². The molecule has 4 aliphatic rings. The summed E-state index contributed by atoms with van der Waals surface area (Å²) in [7, 11) is 0. The largest absolute Gasteiger partial charge is 0.456 e. The van der Waals surface area contributed by atoms with Crippen molar-refractivity contribution in [2.75, 3.05) is 4.90 Å². The van der Waals surface area contributed by atoms with Crippen LogP contribution in [0.5, 0.6) is 0 Å². The van der Waals surface area contributed by atoms with Crippen LogP contribution in [0.3, 0.4) is 0 Å². The third kappa shape index (κ3) is 4.68. The molecule has 3 unspecified atom stereocenters. The second-order valence-corrected chi connectivity index (χ2v) is 15.4. The van der Waals surface area contributed by atoms with Crippen LogP contribution in [0.15, 0.2) is 185 Å². The highest BCUT2D eigenvalue weighted by Gasteiger charge is 2.34. The maximum absolute atomic E-state index is 6.38. The minimum atomic E-state index is 0.349. The highest BCUT2D eigenvalue weighted by molar-refractivity contribution is 7.25. The number of hydrogen-bond acceptors (Lipinski definition) is 3. The van der Waals surface area contributed by atoms with Gasteiger partial charge in [0.15, 0.2) is 0 Å². The Hall–Kier alpha value is -5.64. The van der Waals surface area contributed by atoms with E-state index in [1.165, 1.54) is 48.0 Å². The second kappa shape index (κ2) is 11.4. The normalized spacial score (nSPS) is 20.8. The maximum atomic E-state index is 6.38. The molecule has 2 heterocycles. The first-order valence-electron chi connectivity index (χ1n) is 18.2. The number of benzene rings is 5. The van der Waals surface area contributed by atoms with Crippen molar-refractivity contribution in [1.82, 2.24) is 0 Å². The van der Waals surface area contributed by atoms with Crippen LogP contribution in [0.4, 0.5) is 17.1 Å². The van der Waals surface area contributed by atoms with Crippen LogP contribution >= 0.6 is 11.3 Å². The summed E-state index contributed by atoms with van der Waals surface area (Å²) in [6, 6.07) is 39.8. The summed E-state index contributed by atoms with van der Waals surface area (Å²) < 4.78 is 9.01. The van der Waals surface area contributed by atoms with Gasteiger partial charge in [-0.1, -0.05) is 97.1 Å². The maximum Gasteiger partial charge on any atom is 0.137 e. The van der Waals surface area contributed by atoms with Gasteiger partial charge in [-0.15, -0.1) is 11.3 Å². The van der Waals surface area contributed by atoms with E-state index in [0.29, 0.717) is 17.8 Å². The van der Waals surface area contributed by atoms with E-state index >= 15 is 0 Å². The Morgan fingerprint density at radius 3 is 2.22 bits per heavy atom. The Labute approximate surface area is 301 Å². The van der Waals surface area contributed by atoms with E-state index in [1.54, 1.807) is 0 Å². The summed E-state index contributed by atoms with van der Waals surface area (Å²) in [5, 5.41) is 4.88. The predicted molar refractivity (Wildman–Crippen MR) is 215 cm³/mol. The van der Waals surface area contributed by atoms with Crippen LogP contribution in [0.1, 0.15) is 30.7 Å². The zero-order valence-electron chi connectivity index (χ0n) is 28.1. The van der Waals surface area contributed by atoms with Gasteiger partial charge < -0.3 is 9.32 Å². The molecule has 0 N–H and O–H groups in total. The van der Waals surface area contributed by atoms with Crippen LogP contribution in [0.2, 0.25) is 0 Å². The number of para-hydroxylation sites is 1. The smallest absolute Gasteiger partial charge is 0.137 e. The summed E-state index contributed by atoms with van der Waals surface area (Å²) in [5.74, 6) is 1.26. The average Bonchev–Trinajstić information content (AvgIpc) is 3.75. The Morgan fingerprint density at radius 2 is 1.29 bits per heavy atom. The number of anilines is 3. The molecule has 0 saturated carbocycles. The Balaban J connectivity index is 0.968. The molecule has 3 heteroatoms. The molecule has 0 radical (unpaired) electrons. The van der Waals surface area contributed by atoms with Gasteiger partial charge in [0.05, 0.1) is 0 Å². The van der Waals surface area contributed by atoms with E-state index in [9.17, 15) is 0 Å². The molecule has 0 aliphatic heterocycles. The van der Waals surface area contributed by atoms with Crippen molar-refractivity contribution in [3.05, 3.63) is 186 Å². The van der Waals surface area contributed by atoms with Gasteiger partial charge in [-0.25, -0.2) is 0 Å². The third-order valence-electron chi connectivity index (χ3n) is 11.5. The van der Waals surface area contributed by atoms with Crippen molar-refractivity contribution in [3.8, 4) is 0 Å². The minimum Gasteiger partial charge on any atom is -0.456 e. The van der Waals surface area contributed by atoms with E-state index in [2.05, 4.69) is 157 Å². The Bertz CT molecular complexity index is 2740. The third-order valence-corrected chi connectivity index (χ3v) is 12.6. The number of allylic oxidation sites excluding steroid dienone is 12. The van der Waals surface area contributed by atoms with Gasteiger partial charge in [0.2, 0.25) is 0 Å².